The van der Waals surface area contributed by atoms with Crippen molar-refractivity contribution in [2.24, 2.45) is 10.1 Å². The van der Waals surface area contributed by atoms with Crippen LogP contribution in [-0.2, 0) is 0 Å². The van der Waals surface area contributed by atoms with Gasteiger partial charge in [-0.1, -0.05) is 24.3 Å². The number of carbonyl (C=O) groups is 1. The third kappa shape index (κ3) is 3.03. The van der Waals surface area contributed by atoms with Gasteiger partial charge >= 0.3 is 0 Å². The van der Waals surface area contributed by atoms with Gasteiger partial charge in [-0.15, -0.1) is 0 Å². The summed E-state index contributed by atoms with van der Waals surface area (Å²) in [5.41, 5.74) is 5.04. The van der Waals surface area contributed by atoms with Gasteiger partial charge in [0, 0.05) is 6.54 Å². The van der Waals surface area contributed by atoms with Gasteiger partial charge in [-0.25, -0.2) is 9.38 Å². The maximum absolute atomic E-state index is 13.0. The first kappa shape index (κ1) is 15.5. The summed E-state index contributed by atoms with van der Waals surface area (Å²) in [6, 6.07) is 13.3. The molecule has 0 spiro atoms. The Morgan fingerprint density at radius 3 is 2.84 bits per heavy atom. The molecule has 2 aliphatic heterocycles. The summed E-state index contributed by atoms with van der Waals surface area (Å²) in [5.74, 6) is 0.394. The van der Waals surface area contributed by atoms with Crippen LogP contribution in [-0.4, -0.2) is 35.4 Å². The highest BCUT2D eigenvalue weighted by atomic mass is 19.1. The van der Waals surface area contributed by atoms with E-state index in [1.165, 1.54) is 12.1 Å². The highest BCUT2D eigenvalue weighted by Crippen LogP contribution is 2.30. The molecule has 0 bridgehead atoms. The predicted molar refractivity (Wildman–Crippen MR) is 94.7 cm³/mol. The molecule has 2 aromatic carbocycles. The van der Waals surface area contributed by atoms with Crippen LogP contribution in [0.4, 0.5) is 10.1 Å². The second-order valence-corrected chi connectivity index (χ2v) is 6.09. The number of nitrogens with zero attached hydrogens (tertiary/aromatic N) is 3. The van der Waals surface area contributed by atoms with E-state index in [1.54, 1.807) is 24.4 Å². The first-order valence-corrected chi connectivity index (χ1v) is 8.25. The van der Waals surface area contributed by atoms with Gasteiger partial charge in [0.2, 0.25) is 0 Å². The van der Waals surface area contributed by atoms with Crippen LogP contribution in [0.5, 0.6) is 0 Å². The molecule has 2 aliphatic rings. The fraction of sp³-hybridized carbons (Fsp3) is 0.211. The fourth-order valence-electron chi connectivity index (χ4n) is 3.23. The van der Waals surface area contributed by atoms with Crippen molar-refractivity contribution in [3.63, 3.8) is 0 Å². The van der Waals surface area contributed by atoms with Gasteiger partial charge in [-0.3, -0.25) is 10.2 Å². The average molecular weight is 336 g/mol. The summed E-state index contributed by atoms with van der Waals surface area (Å²) in [6.07, 6.45) is 3.42. The minimum absolute atomic E-state index is 0.0150. The van der Waals surface area contributed by atoms with Gasteiger partial charge in [0.15, 0.2) is 0 Å². The van der Waals surface area contributed by atoms with Gasteiger partial charge < -0.3 is 4.90 Å². The predicted octanol–water partition coefficient (Wildman–Crippen LogP) is 3.10. The summed E-state index contributed by atoms with van der Waals surface area (Å²) in [6.45, 7) is 0.722. The molecule has 126 valence electrons. The second kappa shape index (κ2) is 6.47. The fourth-order valence-corrected chi connectivity index (χ4v) is 3.23. The van der Waals surface area contributed by atoms with Crippen molar-refractivity contribution >= 4 is 23.6 Å². The van der Waals surface area contributed by atoms with Crippen LogP contribution in [0.2, 0.25) is 0 Å². The molecule has 2 heterocycles. The largest absolute Gasteiger partial charge is 0.328 e. The van der Waals surface area contributed by atoms with Crippen molar-refractivity contribution in [2.75, 3.05) is 6.54 Å². The van der Waals surface area contributed by atoms with Crippen LogP contribution in [0.3, 0.4) is 0 Å². The number of para-hydroxylation sites is 1. The van der Waals surface area contributed by atoms with Crippen LogP contribution in [0.15, 0.2) is 58.6 Å². The van der Waals surface area contributed by atoms with Crippen molar-refractivity contribution in [2.45, 2.75) is 18.9 Å². The van der Waals surface area contributed by atoms with E-state index in [-0.39, 0.29) is 17.8 Å². The van der Waals surface area contributed by atoms with Crippen LogP contribution >= 0.6 is 0 Å². The Labute approximate surface area is 144 Å². The maximum Gasteiger partial charge on any atom is 0.256 e. The molecule has 2 aromatic rings. The van der Waals surface area contributed by atoms with Crippen LogP contribution in [0.1, 0.15) is 28.8 Å². The molecular weight excluding hydrogens is 319 g/mol. The molecule has 25 heavy (non-hydrogen) atoms. The van der Waals surface area contributed by atoms with Crippen LogP contribution in [0, 0.1) is 5.82 Å². The summed E-state index contributed by atoms with van der Waals surface area (Å²) < 4.78 is 13.0. The number of rotatable bonds is 2. The molecule has 4 rings (SSSR count). The van der Waals surface area contributed by atoms with Crippen LogP contribution < -0.4 is 5.43 Å². The summed E-state index contributed by atoms with van der Waals surface area (Å²) in [5, 5.41) is 4.23. The van der Waals surface area contributed by atoms with E-state index >= 15 is 0 Å². The van der Waals surface area contributed by atoms with E-state index in [0.717, 1.165) is 24.9 Å². The SMILES string of the molecule is O=C1c2ccccc2N=C(N/N=C/c2ccc(F)cc2)[C@@H]2CCCN12. The Morgan fingerprint density at radius 2 is 2.00 bits per heavy atom. The third-order valence-corrected chi connectivity index (χ3v) is 4.47. The molecule has 0 radical (unpaired) electrons. The monoisotopic (exact) mass is 336 g/mol. The molecule has 0 aliphatic carbocycles. The lowest BCUT2D eigenvalue weighted by Crippen LogP contribution is -2.43. The summed E-state index contributed by atoms with van der Waals surface area (Å²) >= 11 is 0. The zero-order valence-corrected chi connectivity index (χ0v) is 13.5. The number of halogens is 1. The lowest BCUT2D eigenvalue weighted by Gasteiger charge is -2.23. The first-order valence-electron chi connectivity index (χ1n) is 8.25. The van der Waals surface area contributed by atoms with E-state index in [2.05, 4.69) is 15.5 Å². The van der Waals surface area contributed by atoms with Gasteiger partial charge in [-0.2, -0.15) is 5.10 Å². The normalized spacial score (nSPS) is 19.4. The molecular formula is C19H17FN4O. The van der Waals surface area contributed by atoms with Crippen LogP contribution in [0.25, 0.3) is 0 Å². The highest BCUT2D eigenvalue weighted by molar-refractivity contribution is 6.06. The topological polar surface area (TPSA) is 57.1 Å². The Kier molecular flexibility index (Phi) is 4.01. The molecule has 6 heteroatoms. The van der Waals surface area contributed by atoms with E-state index in [4.69, 9.17) is 0 Å². The zero-order chi connectivity index (χ0) is 17.2. The average Bonchev–Trinajstić information content (AvgIpc) is 3.08. The second-order valence-electron chi connectivity index (χ2n) is 6.09. The first-order chi connectivity index (χ1) is 12.2. The molecule has 1 amide bonds. The third-order valence-electron chi connectivity index (χ3n) is 4.47. The number of amidine groups is 1. The highest BCUT2D eigenvalue weighted by Gasteiger charge is 2.36. The number of benzene rings is 2. The number of aliphatic imine (C=N–C) groups is 1. The number of carbonyl (C=O) groups excluding carboxylic acids is 1. The van der Waals surface area contributed by atoms with E-state index in [1.807, 2.05) is 23.1 Å². The molecule has 1 saturated heterocycles. The van der Waals surface area contributed by atoms with Gasteiger partial charge in [-0.05, 0) is 42.7 Å². The number of hydrazone groups is 1. The smallest absolute Gasteiger partial charge is 0.256 e. The lowest BCUT2D eigenvalue weighted by molar-refractivity contribution is 0.0771. The Morgan fingerprint density at radius 1 is 1.20 bits per heavy atom. The maximum atomic E-state index is 13.0. The Balaban J connectivity index is 1.62. The van der Waals surface area contributed by atoms with Crippen molar-refractivity contribution in [1.82, 2.24) is 10.3 Å². The Hall–Kier alpha value is -3.02. The van der Waals surface area contributed by atoms with Crippen molar-refractivity contribution < 1.29 is 9.18 Å². The summed E-state index contributed by atoms with van der Waals surface area (Å²) in [7, 11) is 0. The number of amides is 1. The molecule has 1 atom stereocenters. The minimum Gasteiger partial charge on any atom is -0.328 e. The molecule has 0 aromatic heterocycles. The molecule has 0 unspecified atom stereocenters. The van der Waals surface area contributed by atoms with E-state index < -0.39 is 0 Å². The Bertz CT molecular complexity index is 860. The number of hydrogen-bond donors (Lipinski definition) is 1. The van der Waals surface area contributed by atoms with Crippen molar-refractivity contribution in [1.29, 1.82) is 0 Å². The van der Waals surface area contributed by atoms with Gasteiger partial charge in [0.1, 0.15) is 11.7 Å². The zero-order valence-electron chi connectivity index (χ0n) is 13.5. The van der Waals surface area contributed by atoms with E-state index in [9.17, 15) is 9.18 Å². The molecule has 1 N–H and O–H groups in total. The number of fused-ring (bicyclic) bond motifs is 2. The summed E-state index contributed by atoms with van der Waals surface area (Å²) in [4.78, 5) is 19.2. The molecule has 5 nitrogen and oxygen atoms in total. The standard InChI is InChI=1S/C19H17FN4O/c20-14-9-7-13(8-10-14)12-21-23-18-17-6-3-11-24(17)19(25)15-4-1-2-5-16(15)22-18/h1-2,4-5,7-10,12,17H,3,6,11H2,(H,22,23)/b21-12+/t17-/m0/s1. The van der Waals surface area contributed by atoms with Crippen molar-refractivity contribution in [3.05, 3.63) is 65.5 Å². The van der Waals surface area contributed by atoms with E-state index in [0.29, 0.717) is 17.1 Å². The van der Waals surface area contributed by atoms with Gasteiger partial charge in [0.05, 0.1) is 23.5 Å². The quantitative estimate of drug-likeness (QED) is 0.677. The van der Waals surface area contributed by atoms with Gasteiger partial charge in [0.25, 0.3) is 5.91 Å². The lowest BCUT2D eigenvalue weighted by atomic mass is 10.1. The molecule has 1 fully saturated rings. The van der Waals surface area contributed by atoms with Crippen molar-refractivity contribution in [3.8, 4) is 0 Å². The number of nitrogens with one attached hydrogen (secondary N) is 1. The number of hydrogen-bond acceptors (Lipinski definition) is 4. The minimum atomic E-state index is -0.282. The molecule has 0 saturated carbocycles.